The van der Waals surface area contributed by atoms with Crippen molar-refractivity contribution >= 4 is 29.1 Å². The summed E-state index contributed by atoms with van der Waals surface area (Å²) in [5.41, 5.74) is 0.370. The Morgan fingerprint density at radius 3 is 2.60 bits per heavy atom. The number of halogens is 2. The molecule has 6 heteroatoms. The number of amides is 2. The van der Waals surface area contributed by atoms with Gasteiger partial charge in [0.25, 0.3) is 0 Å². The molecule has 0 bridgehead atoms. The van der Waals surface area contributed by atoms with Crippen molar-refractivity contribution in [2.24, 2.45) is 0 Å². The third-order valence-corrected chi connectivity index (χ3v) is 3.53. The summed E-state index contributed by atoms with van der Waals surface area (Å²) in [5.74, 6) is -1.28. The Labute approximate surface area is 121 Å². The van der Waals surface area contributed by atoms with E-state index in [1.807, 2.05) is 0 Å². The van der Waals surface area contributed by atoms with Crippen LogP contribution in [0.1, 0.15) is 32.1 Å². The van der Waals surface area contributed by atoms with Crippen LogP contribution in [0.25, 0.3) is 0 Å². The van der Waals surface area contributed by atoms with Gasteiger partial charge in [-0.05, 0) is 31.0 Å². The number of benzene rings is 1. The lowest BCUT2D eigenvalue weighted by molar-refractivity contribution is -0.127. The Balaban J connectivity index is 1.82. The molecule has 1 aromatic carbocycles. The molecule has 2 N–H and O–H groups in total. The summed E-state index contributed by atoms with van der Waals surface area (Å²) in [5, 5.41) is 5.27. The molecule has 0 radical (unpaired) electrons. The monoisotopic (exact) mass is 298 g/mol. The lowest BCUT2D eigenvalue weighted by Gasteiger charge is -2.11. The highest BCUT2D eigenvalue weighted by atomic mass is 35.5. The lowest BCUT2D eigenvalue weighted by atomic mass is 10.2. The Bertz CT molecular complexity index is 516. The zero-order valence-corrected chi connectivity index (χ0v) is 11.7. The van der Waals surface area contributed by atoms with Gasteiger partial charge in [-0.2, -0.15) is 0 Å². The van der Waals surface area contributed by atoms with Crippen molar-refractivity contribution in [2.45, 2.75) is 38.1 Å². The smallest absolute Gasteiger partial charge is 0.233 e. The predicted octanol–water partition coefficient (Wildman–Crippen LogP) is 2.87. The maximum absolute atomic E-state index is 13.0. The number of carbonyl (C=O) groups excluding carboxylic acids is 2. The molecule has 0 saturated heterocycles. The molecule has 0 unspecified atom stereocenters. The highest BCUT2D eigenvalue weighted by molar-refractivity contribution is 6.31. The molecule has 108 valence electrons. The Hall–Kier alpha value is -1.62. The molecule has 1 saturated carbocycles. The molecule has 0 atom stereocenters. The van der Waals surface area contributed by atoms with Gasteiger partial charge in [0.2, 0.25) is 11.8 Å². The van der Waals surface area contributed by atoms with Crippen molar-refractivity contribution in [1.82, 2.24) is 5.32 Å². The molecule has 4 nitrogen and oxygen atoms in total. The van der Waals surface area contributed by atoms with E-state index in [1.165, 1.54) is 12.1 Å². The minimum absolute atomic E-state index is 0.0711. The minimum atomic E-state index is -0.552. The zero-order valence-electron chi connectivity index (χ0n) is 10.9. The molecular formula is C14H16ClFN2O2. The molecular weight excluding hydrogens is 283 g/mol. The first-order valence-electron chi connectivity index (χ1n) is 6.59. The summed E-state index contributed by atoms with van der Waals surface area (Å²) < 4.78 is 13.0. The van der Waals surface area contributed by atoms with Gasteiger partial charge in [0.05, 0.1) is 5.02 Å². The predicted molar refractivity (Wildman–Crippen MR) is 75.1 cm³/mol. The van der Waals surface area contributed by atoms with Crippen molar-refractivity contribution in [3.63, 3.8) is 0 Å². The second-order valence-corrected chi connectivity index (χ2v) is 5.31. The second kappa shape index (κ2) is 6.70. The summed E-state index contributed by atoms with van der Waals surface area (Å²) in [6, 6.07) is 4.06. The van der Waals surface area contributed by atoms with Crippen molar-refractivity contribution < 1.29 is 14.0 Å². The molecule has 20 heavy (non-hydrogen) atoms. The van der Waals surface area contributed by atoms with Crippen molar-refractivity contribution in [2.75, 3.05) is 5.32 Å². The van der Waals surface area contributed by atoms with Crippen molar-refractivity contribution in [3.05, 3.63) is 29.0 Å². The van der Waals surface area contributed by atoms with Crippen LogP contribution >= 0.6 is 11.6 Å². The van der Waals surface area contributed by atoms with Gasteiger partial charge in [0.1, 0.15) is 12.2 Å². The molecule has 1 aliphatic rings. The van der Waals surface area contributed by atoms with Crippen molar-refractivity contribution in [1.29, 1.82) is 0 Å². The molecule has 0 aromatic heterocycles. The van der Waals surface area contributed by atoms with E-state index in [0.29, 0.717) is 5.69 Å². The number of hydrogen-bond donors (Lipinski definition) is 2. The van der Waals surface area contributed by atoms with Crippen LogP contribution in [0, 0.1) is 5.82 Å². The van der Waals surface area contributed by atoms with Crippen LogP contribution in [0.15, 0.2) is 18.2 Å². The average Bonchev–Trinajstić information content (AvgIpc) is 2.86. The Morgan fingerprint density at radius 2 is 1.95 bits per heavy atom. The van der Waals surface area contributed by atoms with E-state index in [9.17, 15) is 14.0 Å². The third-order valence-electron chi connectivity index (χ3n) is 3.24. The lowest BCUT2D eigenvalue weighted by Crippen LogP contribution is -2.35. The second-order valence-electron chi connectivity index (χ2n) is 4.90. The van der Waals surface area contributed by atoms with E-state index in [-0.39, 0.29) is 23.4 Å². The molecule has 0 spiro atoms. The highest BCUT2D eigenvalue weighted by Crippen LogP contribution is 2.20. The Kier molecular flexibility index (Phi) is 4.95. The largest absolute Gasteiger partial charge is 0.353 e. The minimum Gasteiger partial charge on any atom is -0.353 e. The standard InChI is InChI=1S/C14H16ClFN2O2/c15-11-7-10(5-6-12(11)16)18-14(20)8-13(19)17-9-3-1-2-4-9/h5-7,9H,1-4,8H2,(H,17,19)(H,18,20). The first kappa shape index (κ1) is 14.8. The van der Waals surface area contributed by atoms with E-state index in [0.717, 1.165) is 31.7 Å². The summed E-state index contributed by atoms with van der Waals surface area (Å²) in [4.78, 5) is 23.3. The molecule has 1 fully saturated rings. The topological polar surface area (TPSA) is 58.2 Å². The van der Waals surface area contributed by atoms with Crippen LogP contribution in [0.5, 0.6) is 0 Å². The first-order valence-corrected chi connectivity index (χ1v) is 6.96. The molecule has 1 aliphatic carbocycles. The number of rotatable bonds is 4. The highest BCUT2D eigenvalue weighted by Gasteiger charge is 2.18. The fraction of sp³-hybridized carbons (Fsp3) is 0.429. The van der Waals surface area contributed by atoms with Gasteiger partial charge in [-0.15, -0.1) is 0 Å². The van der Waals surface area contributed by atoms with E-state index in [4.69, 9.17) is 11.6 Å². The molecule has 2 amide bonds. The van der Waals surface area contributed by atoms with E-state index >= 15 is 0 Å². The molecule has 0 aliphatic heterocycles. The fourth-order valence-corrected chi connectivity index (χ4v) is 2.45. The third kappa shape index (κ3) is 4.20. The van der Waals surface area contributed by atoms with Crippen LogP contribution in [0.4, 0.5) is 10.1 Å². The number of nitrogens with one attached hydrogen (secondary N) is 2. The van der Waals surface area contributed by atoms with E-state index in [2.05, 4.69) is 10.6 Å². The molecule has 1 aromatic rings. The van der Waals surface area contributed by atoms with E-state index < -0.39 is 11.7 Å². The zero-order chi connectivity index (χ0) is 14.5. The van der Waals surface area contributed by atoms with Gasteiger partial charge in [-0.1, -0.05) is 24.4 Å². The Morgan fingerprint density at radius 1 is 1.25 bits per heavy atom. The van der Waals surface area contributed by atoms with Crippen LogP contribution in [-0.4, -0.2) is 17.9 Å². The van der Waals surface area contributed by atoms with Gasteiger partial charge >= 0.3 is 0 Å². The summed E-state index contributed by atoms with van der Waals surface area (Å²) in [6.07, 6.45) is 3.93. The van der Waals surface area contributed by atoms with Gasteiger partial charge < -0.3 is 10.6 Å². The fourth-order valence-electron chi connectivity index (χ4n) is 2.27. The van der Waals surface area contributed by atoms with Crippen molar-refractivity contribution in [3.8, 4) is 0 Å². The summed E-state index contributed by atoms with van der Waals surface area (Å²) in [7, 11) is 0. The molecule has 2 rings (SSSR count). The summed E-state index contributed by atoms with van der Waals surface area (Å²) >= 11 is 5.61. The molecule has 0 heterocycles. The van der Waals surface area contributed by atoms with E-state index in [1.54, 1.807) is 0 Å². The van der Waals surface area contributed by atoms with Crippen LogP contribution in [0.2, 0.25) is 5.02 Å². The van der Waals surface area contributed by atoms with Crippen LogP contribution in [-0.2, 0) is 9.59 Å². The summed E-state index contributed by atoms with van der Waals surface area (Å²) in [6.45, 7) is 0. The normalized spacial score (nSPS) is 15.1. The maximum atomic E-state index is 13.0. The number of hydrogen-bond acceptors (Lipinski definition) is 2. The van der Waals surface area contributed by atoms with Gasteiger partial charge in [0.15, 0.2) is 0 Å². The quantitative estimate of drug-likeness (QED) is 0.840. The average molecular weight is 299 g/mol. The van der Waals surface area contributed by atoms with Crippen LogP contribution in [0.3, 0.4) is 0 Å². The maximum Gasteiger partial charge on any atom is 0.233 e. The first-order chi connectivity index (χ1) is 9.54. The number of carbonyl (C=O) groups is 2. The van der Waals surface area contributed by atoms with Gasteiger partial charge in [0, 0.05) is 11.7 Å². The number of anilines is 1. The van der Waals surface area contributed by atoms with Gasteiger partial charge in [-0.3, -0.25) is 9.59 Å². The van der Waals surface area contributed by atoms with Crippen LogP contribution < -0.4 is 10.6 Å². The SMILES string of the molecule is O=C(CC(=O)NC1CCCC1)Nc1ccc(F)c(Cl)c1. The van der Waals surface area contributed by atoms with Gasteiger partial charge in [-0.25, -0.2) is 4.39 Å².